The maximum Gasteiger partial charge on any atom is 0.250 e. The SMILES string of the molecule is Cc1ccc(O[Si](C)(C)C(C)(C)C)c(C)c1. The van der Waals surface area contributed by atoms with E-state index >= 15 is 0 Å². The van der Waals surface area contributed by atoms with Crippen LogP contribution in [-0.4, -0.2) is 8.32 Å². The van der Waals surface area contributed by atoms with Gasteiger partial charge in [0, 0.05) is 0 Å². The third-order valence-corrected chi connectivity index (χ3v) is 7.84. The Morgan fingerprint density at radius 1 is 1.06 bits per heavy atom. The lowest BCUT2D eigenvalue weighted by Gasteiger charge is -2.37. The van der Waals surface area contributed by atoms with Gasteiger partial charge in [-0.25, -0.2) is 0 Å². The van der Waals surface area contributed by atoms with Crippen LogP contribution in [0.15, 0.2) is 18.2 Å². The Morgan fingerprint density at radius 3 is 2.06 bits per heavy atom. The Hall–Kier alpha value is -0.763. The van der Waals surface area contributed by atoms with Gasteiger partial charge in [-0.1, -0.05) is 38.5 Å². The molecule has 0 atom stereocenters. The smallest absolute Gasteiger partial charge is 0.250 e. The van der Waals surface area contributed by atoms with Crippen LogP contribution >= 0.6 is 0 Å². The summed E-state index contributed by atoms with van der Waals surface area (Å²) in [6.07, 6.45) is 0. The van der Waals surface area contributed by atoms with Gasteiger partial charge in [0.15, 0.2) is 0 Å². The Balaban J connectivity index is 2.97. The fourth-order valence-corrected chi connectivity index (χ4v) is 2.43. The van der Waals surface area contributed by atoms with E-state index in [9.17, 15) is 0 Å². The predicted molar refractivity (Wildman–Crippen MR) is 73.7 cm³/mol. The first kappa shape index (κ1) is 13.3. The molecule has 0 aliphatic rings. The zero-order valence-electron chi connectivity index (χ0n) is 11.6. The molecule has 1 aromatic carbocycles. The summed E-state index contributed by atoms with van der Waals surface area (Å²) in [5.41, 5.74) is 2.53. The third-order valence-electron chi connectivity index (χ3n) is 3.50. The Bertz CT molecular complexity index is 375. The maximum absolute atomic E-state index is 6.29. The molecule has 0 N–H and O–H groups in total. The Labute approximate surface area is 101 Å². The minimum absolute atomic E-state index is 0.254. The second-order valence-electron chi connectivity index (χ2n) is 6.13. The van der Waals surface area contributed by atoms with Crippen LogP contribution in [0.2, 0.25) is 18.1 Å². The van der Waals surface area contributed by atoms with E-state index in [4.69, 9.17) is 4.43 Å². The molecule has 90 valence electrons. The average Bonchev–Trinajstić information content (AvgIpc) is 2.08. The summed E-state index contributed by atoms with van der Waals surface area (Å²) in [5, 5.41) is 0.254. The van der Waals surface area contributed by atoms with Gasteiger partial charge in [-0.15, -0.1) is 0 Å². The van der Waals surface area contributed by atoms with Gasteiger partial charge in [0.05, 0.1) is 0 Å². The van der Waals surface area contributed by atoms with Gasteiger partial charge in [-0.05, 0) is 43.6 Å². The van der Waals surface area contributed by atoms with Crippen molar-refractivity contribution >= 4 is 8.32 Å². The fraction of sp³-hybridized carbons (Fsp3) is 0.571. The van der Waals surface area contributed by atoms with E-state index in [2.05, 4.69) is 65.9 Å². The number of hydrogen-bond acceptors (Lipinski definition) is 1. The van der Waals surface area contributed by atoms with Crippen LogP contribution < -0.4 is 4.43 Å². The monoisotopic (exact) mass is 236 g/mol. The van der Waals surface area contributed by atoms with Crippen molar-refractivity contribution in [2.45, 2.75) is 52.8 Å². The van der Waals surface area contributed by atoms with Gasteiger partial charge < -0.3 is 4.43 Å². The number of hydrogen-bond donors (Lipinski definition) is 0. The van der Waals surface area contributed by atoms with Gasteiger partial charge >= 0.3 is 0 Å². The summed E-state index contributed by atoms with van der Waals surface area (Å²) >= 11 is 0. The third kappa shape index (κ3) is 2.88. The van der Waals surface area contributed by atoms with E-state index in [-0.39, 0.29) is 5.04 Å². The van der Waals surface area contributed by atoms with Crippen LogP contribution in [-0.2, 0) is 0 Å². The standard InChI is InChI=1S/C14H24OSi/c1-11-8-9-13(12(2)10-11)15-16(6,7)14(3,4)5/h8-10H,1-7H3. The van der Waals surface area contributed by atoms with E-state index in [0.717, 1.165) is 5.75 Å². The summed E-state index contributed by atoms with van der Waals surface area (Å²) in [4.78, 5) is 0. The second kappa shape index (κ2) is 4.25. The van der Waals surface area contributed by atoms with Crippen molar-refractivity contribution in [1.82, 2.24) is 0 Å². The molecule has 0 amide bonds. The van der Waals surface area contributed by atoms with Crippen molar-refractivity contribution in [1.29, 1.82) is 0 Å². The van der Waals surface area contributed by atoms with Gasteiger partial charge in [0.1, 0.15) is 5.75 Å². The molecule has 0 unspecified atom stereocenters. The van der Waals surface area contributed by atoms with Crippen molar-refractivity contribution in [3.8, 4) is 5.75 Å². The molecule has 1 rings (SSSR count). The molecule has 0 spiro atoms. The van der Waals surface area contributed by atoms with Gasteiger partial charge in [0.25, 0.3) is 0 Å². The fourth-order valence-electron chi connectivity index (χ4n) is 1.34. The lowest BCUT2D eigenvalue weighted by molar-refractivity contribution is 0.489. The molecule has 0 aliphatic carbocycles. The molecule has 0 aromatic heterocycles. The van der Waals surface area contributed by atoms with Crippen LogP contribution in [0.4, 0.5) is 0 Å². The highest BCUT2D eigenvalue weighted by molar-refractivity contribution is 6.74. The van der Waals surface area contributed by atoms with Crippen molar-refractivity contribution in [3.05, 3.63) is 29.3 Å². The summed E-state index contributed by atoms with van der Waals surface area (Å²) < 4.78 is 6.29. The second-order valence-corrected chi connectivity index (χ2v) is 10.9. The van der Waals surface area contributed by atoms with Gasteiger partial charge in [0.2, 0.25) is 8.32 Å². The first-order valence-corrected chi connectivity index (χ1v) is 8.80. The summed E-state index contributed by atoms with van der Waals surface area (Å²) in [6.45, 7) is 15.6. The van der Waals surface area contributed by atoms with E-state index in [1.807, 2.05) is 0 Å². The quantitative estimate of drug-likeness (QED) is 0.677. The highest BCUT2D eigenvalue weighted by atomic mass is 28.4. The minimum Gasteiger partial charge on any atom is -0.543 e. The molecular formula is C14H24OSi. The largest absolute Gasteiger partial charge is 0.543 e. The van der Waals surface area contributed by atoms with Crippen LogP contribution in [0, 0.1) is 13.8 Å². The van der Waals surface area contributed by atoms with E-state index in [0.29, 0.717) is 0 Å². The van der Waals surface area contributed by atoms with Crippen molar-refractivity contribution < 1.29 is 4.43 Å². The Kier molecular flexibility index (Phi) is 3.53. The van der Waals surface area contributed by atoms with Crippen molar-refractivity contribution in [3.63, 3.8) is 0 Å². The zero-order chi connectivity index (χ0) is 12.6. The van der Waals surface area contributed by atoms with Crippen LogP contribution in [0.25, 0.3) is 0 Å². The molecule has 2 heteroatoms. The molecule has 0 radical (unpaired) electrons. The molecule has 1 nitrogen and oxygen atoms in total. The maximum atomic E-state index is 6.29. The summed E-state index contributed by atoms with van der Waals surface area (Å²) in [5.74, 6) is 1.05. The van der Waals surface area contributed by atoms with Crippen LogP contribution in [0.5, 0.6) is 5.75 Å². The number of aryl methyl sites for hydroxylation is 2. The molecule has 0 saturated heterocycles. The lowest BCUT2D eigenvalue weighted by Crippen LogP contribution is -2.44. The van der Waals surface area contributed by atoms with E-state index < -0.39 is 8.32 Å². The molecule has 1 aromatic rings. The highest BCUT2D eigenvalue weighted by Crippen LogP contribution is 2.38. The Morgan fingerprint density at radius 2 is 1.62 bits per heavy atom. The van der Waals surface area contributed by atoms with Crippen molar-refractivity contribution in [2.75, 3.05) is 0 Å². The molecule has 0 fully saturated rings. The highest BCUT2D eigenvalue weighted by Gasteiger charge is 2.39. The summed E-state index contributed by atoms with van der Waals surface area (Å²) in [7, 11) is -1.69. The van der Waals surface area contributed by atoms with E-state index in [1.54, 1.807) is 0 Å². The molecule has 0 bridgehead atoms. The normalized spacial score (nSPS) is 12.7. The number of benzene rings is 1. The van der Waals surface area contributed by atoms with Crippen LogP contribution in [0.1, 0.15) is 31.9 Å². The van der Waals surface area contributed by atoms with E-state index in [1.165, 1.54) is 11.1 Å². The first-order chi connectivity index (χ1) is 7.13. The topological polar surface area (TPSA) is 9.23 Å². The zero-order valence-corrected chi connectivity index (χ0v) is 12.6. The molecule has 0 saturated carbocycles. The molecule has 0 aliphatic heterocycles. The number of rotatable bonds is 2. The van der Waals surface area contributed by atoms with Crippen molar-refractivity contribution in [2.24, 2.45) is 0 Å². The first-order valence-electron chi connectivity index (χ1n) is 5.90. The lowest BCUT2D eigenvalue weighted by atomic mass is 10.1. The van der Waals surface area contributed by atoms with Crippen LogP contribution in [0.3, 0.4) is 0 Å². The van der Waals surface area contributed by atoms with Gasteiger partial charge in [-0.3, -0.25) is 0 Å². The van der Waals surface area contributed by atoms with Gasteiger partial charge in [-0.2, -0.15) is 0 Å². The minimum atomic E-state index is -1.69. The molecule has 0 heterocycles. The molecular weight excluding hydrogens is 212 g/mol. The molecule has 16 heavy (non-hydrogen) atoms. The summed E-state index contributed by atoms with van der Waals surface area (Å²) in [6, 6.07) is 6.41. The predicted octanol–water partition coefficient (Wildman–Crippen LogP) is 4.69. The average molecular weight is 236 g/mol.